The van der Waals surface area contributed by atoms with Gasteiger partial charge in [0.15, 0.2) is 0 Å². The molecule has 1 aliphatic heterocycles. The minimum atomic E-state index is -3.18. The van der Waals surface area contributed by atoms with Crippen molar-refractivity contribution >= 4 is 21.6 Å². The topological polar surface area (TPSA) is 75.0 Å². The summed E-state index contributed by atoms with van der Waals surface area (Å²) in [5, 5.41) is 0. The minimum absolute atomic E-state index is 0.0820. The first kappa shape index (κ1) is 15.0. The Balaban J connectivity index is 1.76. The van der Waals surface area contributed by atoms with Crippen LogP contribution in [0.5, 0.6) is 0 Å². The average Bonchev–Trinajstić information content (AvgIpc) is 2.84. The van der Waals surface area contributed by atoms with Gasteiger partial charge in [0, 0.05) is 38.6 Å². The molecule has 0 radical (unpaired) electrons. The second kappa shape index (κ2) is 5.36. The third-order valence-corrected chi connectivity index (χ3v) is 5.12. The maximum atomic E-state index is 12.5. The monoisotopic (exact) mass is 322 g/mol. The second-order valence-corrected chi connectivity index (χ2v) is 7.50. The number of pyridine rings is 1. The van der Waals surface area contributed by atoms with Crippen molar-refractivity contribution in [3.63, 3.8) is 0 Å². The van der Waals surface area contributed by atoms with Gasteiger partial charge in [0.25, 0.3) is 5.91 Å². The zero-order valence-electron chi connectivity index (χ0n) is 12.6. The van der Waals surface area contributed by atoms with Gasteiger partial charge in [-0.3, -0.25) is 4.79 Å². The molecular formula is C14H18N4O3S. The van der Waals surface area contributed by atoms with E-state index in [0.29, 0.717) is 31.7 Å². The molecule has 22 heavy (non-hydrogen) atoms. The molecule has 0 atom stereocenters. The lowest BCUT2D eigenvalue weighted by molar-refractivity contribution is 0.0697. The molecule has 0 unspecified atom stereocenters. The van der Waals surface area contributed by atoms with Crippen molar-refractivity contribution in [3.8, 4) is 0 Å². The van der Waals surface area contributed by atoms with Gasteiger partial charge in [-0.25, -0.2) is 13.4 Å². The van der Waals surface area contributed by atoms with Crippen LogP contribution in [0, 0.1) is 6.92 Å². The molecule has 118 valence electrons. The van der Waals surface area contributed by atoms with Crippen molar-refractivity contribution in [2.45, 2.75) is 6.92 Å². The maximum absolute atomic E-state index is 12.5. The zero-order chi connectivity index (χ0) is 15.9. The molecule has 0 N–H and O–H groups in total. The predicted molar refractivity (Wildman–Crippen MR) is 82.2 cm³/mol. The number of imidazole rings is 1. The van der Waals surface area contributed by atoms with E-state index in [1.165, 1.54) is 10.6 Å². The average molecular weight is 322 g/mol. The van der Waals surface area contributed by atoms with E-state index in [1.54, 1.807) is 17.2 Å². The molecule has 0 aliphatic carbocycles. The number of rotatable bonds is 2. The summed E-state index contributed by atoms with van der Waals surface area (Å²) in [5.41, 5.74) is 2.28. The Hall–Kier alpha value is -1.93. The number of hydrogen-bond acceptors (Lipinski definition) is 4. The number of amides is 1. The fourth-order valence-electron chi connectivity index (χ4n) is 2.65. The molecule has 0 aromatic carbocycles. The maximum Gasteiger partial charge on any atom is 0.255 e. The van der Waals surface area contributed by atoms with Gasteiger partial charge in [0.1, 0.15) is 5.65 Å². The van der Waals surface area contributed by atoms with Crippen molar-refractivity contribution in [1.29, 1.82) is 0 Å². The summed E-state index contributed by atoms with van der Waals surface area (Å²) in [6.07, 6.45) is 4.83. The number of piperazine rings is 1. The van der Waals surface area contributed by atoms with Gasteiger partial charge in [0.2, 0.25) is 10.0 Å². The SMILES string of the molecule is Cc1cn2cc(C(=O)N3CCN(S(C)(=O)=O)CC3)ccc2n1. The molecule has 1 fully saturated rings. The molecule has 2 aromatic rings. The summed E-state index contributed by atoms with van der Waals surface area (Å²) in [6, 6.07) is 3.57. The first-order chi connectivity index (χ1) is 10.3. The van der Waals surface area contributed by atoms with E-state index >= 15 is 0 Å². The third-order valence-electron chi connectivity index (χ3n) is 3.81. The Labute approximate surface area is 129 Å². The van der Waals surface area contributed by atoms with Crippen LogP contribution < -0.4 is 0 Å². The molecule has 3 rings (SSSR count). The van der Waals surface area contributed by atoms with Crippen molar-refractivity contribution in [2.75, 3.05) is 32.4 Å². The Morgan fingerprint density at radius 3 is 2.45 bits per heavy atom. The third kappa shape index (κ3) is 2.84. The molecular weight excluding hydrogens is 304 g/mol. The highest BCUT2D eigenvalue weighted by atomic mass is 32.2. The number of carbonyl (C=O) groups is 1. The van der Waals surface area contributed by atoms with Crippen LogP contribution in [0.1, 0.15) is 16.1 Å². The van der Waals surface area contributed by atoms with Gasteiger partial charge >= 0.3 is 0 Å². The quantitative estimate of drug-likeness (QED) is 0.800. The van der Waals surface area contributed by atoms with Crippen LogP contribution in [0.3, 0.4) is 0 Å². The summed E-state index contributed by atoms with van der Waals surface area (Å²) in [4.78, 5) is 18.5. The first-order valence-corrected chi connectivity index (χ1v) is 8.89. The Morgan fingerprint density at radius 2 is 1.82 bits per heavy atom. The number of aryl methyl sites for hydroxylation is 1. The number of sulfonamides is 1. The Kier molecular flexibility index (Phi) is 3.65. The van der Waals surface area contributed by atoms with Crippen LogP contribution >= 0.6 is 0 Å². The molecule has 3 heterocycles. The van der Waals surface area contributed by atoms with Gasteiger partial charge in [-0.2, -0.15) is 4.31 Å². The normalized spacial score (nSPS) is 17.1. The summed E-state index contributed by atoms with van der Waals surface area (Å²) in [7, 11) is -3.18. The summed E-state index contributed by atoms with van der Waals surface area (Å²) < 4.78 is 26.2. The lowest BCUT2D eigenvalue weighted by atomic mass is 10.2. The highest BCUT2D eigenvalue weighted by molar-refractivity contribution is 7.88. The molecule has 0 spiro atoms. The van der Waals surface area contributed by atoms with Crippen molar-refractivity contribution in [1.82, 2.24) is 18.6 Å². The van der Waals surface area contributed by atoms with Gasteiger partial charge in [-0.05, 0) is 19.1 Å². The van der Waals surface area contributed by atoms with Gasteiger partial charge in [-0.15, -0.1) is 0 Å². The smallest absolute Gasteiger partial charge is 0.255 e. The summed E-state index contributed by atoms with van der Waals surface area (Å²) >= 11 is 0. The van der Waals surface area contributed by atoms with E-state index in [4.69, 9.17) is 0 Å². The van der Waals surface area contributed by atoms with Crippen LogP contribution in [0.4, 0.5) is 0 Å². The molecule has 1 amide bonds. The number of carbonyl (C=O) groups excluding carboxylic acids is 1. The summed E-state index contributed by atoms with van der Waals surface area (Å²) in [5.74, 6) is -0.0820. The predicted octanol–water partition coefficient (Wildman–Crippen LogP) is 0.360. The number of aromatic nitrogens is 2. The van der Waals surface area contributed by atoms with E-state index < -0.39 is 10.0 Å². The van der Waals surface area contributed by atoms with E-state index in [9.17, 15) is 13.2 Å². The molecule has 2 aromatic heterocycles. The van der Waals surface area contributed by atoms with Crippen molar-refractivity contribution in [2.24, 2.45) is 0 Å². The van der Waals surface area contributed by atoms with Crippen LogP contribution in [-0.2, 0) is 10.0 Å². The van der Waals surface area contributed by atoms with E-state index in [2.05, 4.69) is 4.98 Å². The fourth-order valence-corrected chi connectivity index (χ4v) is 3.48. The summed E-state index contributed by atoms with van der Waals surface area (Å²) in [6.45, 7) is 3.41. The van der Waals surface area contributed by atoms with Crippen LogP contribution in [0.25, 0.3) is 5.65 Å². The number of fused-ring (bicyclic) bond motifs is 1. The number of nitrogens with zero attached hydrogens (tertiary/aromatic N) is 4. The van der Waals surface area contributed by atoms with E-state index in [1.807, 2.05) is 23.6 Å². The molecule has 1 saturated heterocycles. The Bertz CT molecular complexity index is 820. The fraction of sp³-hybridized carbons (Fsp3) is 0.429. The lowest BCUT2D eigenvalue weighted by Gasteiger charge is -2.33. The van der Waals surface area contributed by atoms with Gasteiger partial charge in [0.05, 0.1) is 17.5 Å². The molecule has 0 saturated carbocycles. The van der Waals surface area contributed by atoms with Crippen molar-refractivity contribution < 1.29 is 13.2 Å². The van der Waals surface area contributed by atoms with Gasteiger partial charge < -0.3 is 9.30 Å². The highest BCUT2D eigenvalue weighted by Gasteiger charge is 2.26. The molecule has 1 aliphatic rings. The highest BCUT2D eigenvalue weighted by Crippen LogP contribution is 2.13. The lowest BCUT2D eigenvalue weighted by Crippen LogP contribution is -2.50. The van der Waals surface area contributed by atoms with Crippen LogP contribution in [0.15, 0.2) is 24.5 Å². The largest absolute Gasteiger partial charge is 0.336 e. The van der Waals surface area contributed by atoms with Crippen LogP contribution in [0.2, 0.25) is 0 Å². The van der Waals surface area contributed by atoms with Crippen molar-refractivity contribution in [3.05, 3.63) is 35.8 Å². The van der Waals surface area contributed by atoms with E-state index in [0.717, 1.165) is 11.3 Å². The first-order valence-electron chi connectivity index (χ1n) is 7.04. The second-order valence-electron chi connectivity index (χ2n) is 5.52. The molecule has 7 nitrogen and oxygen atoms in total. The standard InChI is InChI=1S/C14H18N4O3S/c1-11-9-17-10-12(3-4-13(17)15-11)14(19)16-5-7-18(8-6-16)22(2,20)21/h3-4,9-10H,5-8H2,1-2H3. The number of hydrogen-bond donors (Lipinski definition) is 0. The van der Waals surface area contributed by atoms with Crippen LogP contribution in [-0.4, -0.2) is 65.3 Å². The zero-order valence-corrected chi connectivity index (χ0v) is 13.4. The van der Waals surface area contributed by atoms with E-state index in [-0.39, 0.29) is 5.91 Å². The molecule has 0 bridgehead atoms. The molecule has 8 heteroatoms. The minimum Gasteiger partial charge on any atom is -0.336 e. The Morgan fingerprint density at radius 1 is 1.14 bits per heavy atom. The van der Waals surface area contributed by atoms with Gasteiger partial charge in [-0.1, -0.05) is 0 Å².